The van der Waals surface area contributed by atoms with E-state index in [9.17, 15) is 4.79 Å². The van der Waals surface area contributed by atoms with Crippen LogP contribution in [0, 0.1) is 6.92 Å². The summed E-state index contributed by atoms with van der Waals surface area (Å²) in [6.07, 6.45) is 3.78. The standard InChI is InChI=1S/C22H20N4O2/c1-12-9-15(28-2)5-8-18(12)25-22(27)13-4-7-19-17(10-13)16-6-3-14-11-23-26-20(14)21(16)24-19/h4-5,7-11,24H,3,6H2,1-2H3,(H,23,26)(H,25,27). The summed E-state index contributed by atoms with van der Waals surface area (Å²) in [7, 11) is 1.63. The third kappa shape index (κ3) is 2.57. The van der Waals surface area contributed by atoms with E-state index >= 15 is 0 Å². The van der Waals surface area contributed by atoms with Gasteiger partial charge in [0.05, 0.1) is 24.7 Å². The summed E-state index contributed by atoms with van der Waals surface area (Å²) in [5.74, 6) is 0.650. The molecule has 0 radical (unpaired) electrons. The normalized spacial score (nSPS) is 12.5. The molecule has 0 bridgehead atoms. The molecule has 0 unspecified atom stereocenters. The van der Waals surface area contributed by atoms with Gasteiger partial charge in [-0.2, -0.15) is 5.10 Å². The van der Waals surface area contributed by atoms with Crippen molar-refractivity contribution in [3.63, 3.8) is 0 Å². The maximum absolute atomic E-state index is 12.8. The minimum Gasteiger partial charge on any atom is -0.497 e. The number of fused-ring (bicyclic) bond motifs is 5. The Bertz CT molecular complexity index is 1220. The van der Waals surface area contributed by atoms with Crippen molar-refractivity contribution in [1.29, 1.82) is 0 Å². The zero-order chi connectivity index (χ0) is 19.3. The second kappa shape index (κ2) is 6.27. The van der Waals surface area contributed by atoms with Crippen molar-refractivity contribution >= 4 is 22.5 Å². The predicted molar refractivity (Wildman–Crippen MR) is 109 cm³/mol. The van der Waals surface area contributed by atoms with E-state index < -0.39 is 0 Å². The van der Waals surface area contributed by atoms with Crippen LogP contribution in [0.5, 0.6) is 5.75 Å². The molecule has 2 heterocycles. The van der Waals surface area contributed by atoms with E-state index in [-0.39, 0.29) is 5.91 Å². The maximum Gasteiger partial charge on any atom is 0.255 e. The molecule has 0 saturated heterocycles. The number of aromatic nitrogens is 3. The fourth-order valence-electron chi connectivity index (χ4n) is 3.94. The van der Waals surface area contributed by atoms with Gasteiger partial charge < -0.3 is 15.0 Å². The summed E-state index contributed by atoms with van der Waals surface area (Å²) in [6, 6.07) is 11.4. The van der Waals surface area contributed by atoms with Gasteiger partial charge in [0.25, 0.3) is 5.91 Å². The number of benzene rings is 2. The molecule has 4 aromatic rings. The lowest BCUT2D eigenvalue weighted by Crippen LogP contribution is -2.12. The van der Waals surface area contributed by atoms with Crippen LogP contribution in [-0.4, -0.2) is 28.2 Å². The number of nitrogens with zero attached hydrogens (tertiary/aromatic N) is 1. The van der Waals surface area contributed by atoms with Crippen molar-refractivity contribution in [3.05, 3.63) is 64.8 Å². The highest BCUT2D eigenvalue weighted by Gasteiger charge is 2.22. The Kier molecular flexibility index (Phi) is 3.72. The van der Waals surface area contributed by atoms with Crippen LogP contribution in [-0.2, 0) is 12.8 Å². The molecule has 2 aromatic heterocycles. The van der Waals surface area contributed by atoms with Crippen LogP contribution in [0.25, 0.3) is 22.3 Å². The number of anilines is 1. The molecule has 5 rings (SSSR count). The molecule has 0 saturated carbocycles. The van der Waals surface area contributed by atoms with Gasteiger partial charge in [0.15, 0.2) is 0 Å². The second-order valence-corrected chi connectivity index (χ2v) is 7.14. The number of nitrogens with one attached hydrogen (secondary N) is 3. The van der Waals surface area contributed by atoms with Crippen LogP contribution in [0.15, 0.2) is 42.6 Å². The van der Waals surface area contributed by atoms with Gasteiger partial charge in [0.1, 0.15) is 5.75 Å². The van der Waals surface area contributed by atoms with Crippen molar-refractivity contribution in [2.45, 2.75) is 19.8 Å². The monoisotopic (exact) mass is 372 g/mol. The minimum atomic E-state index is -0.122. The molecule has 1 aliphatic carbocycles. The fraction of sp³-hybridized carbons (Fsp3) is 0.182. The van der Waals surface area contributed by atoms with Crippen LogP contribution >= 0.6 is 0 Å². The number of H-pyrrole nitrogens is 2. The minimum absolute atomic E-state index is 0.122. The van der Waals surface area contributed by atoms with Crippen molar-refractivity contribution < 1.29 is 9.53 Å². The first kappa shape index (κ1) is 16.6. The molecule has 0 spiro atoms. The summed E-state index contributed by atoms with van der Waals surface area (Å²) in [5.41, 5.74) is 8.01. The van der Waals surface area contributed by atoms with E-state index in [2.05, 4.69) is 20.5 Å². The Morgan fingerprint density at radius 3 is 2.86 bits per heavy atom. The number of amides is 1. The van der Waals surface area contributed by atoms with Crippen molar-refractivity contribution in [1.82, 2.24) is 15.2 Å². The summed E-state index contributed by atoms with van der Waals surface area (Å²) < 4.78 is 5.23. The van der Waals surface area contributed by atoms with E-state index in [0.717, 1.165) is 52.1 Å². The van der Waals surface area contributed by atoms with Gasteiger partial charge in [0.2, 0.25) is 0 Å². The smallest absolute Gasteiger partial charge is 0.255 e. The molecule has 140 valence electrons. The van der Waals surface area contributed by atoms with Gasteiger partial charge in [-0.1, -0.05) is 0 Å². The number of hydrogen-bond donors (Lipinski definition) is 3. The van der Waals surface area contributed by atoms with Gasteiger partial charge in [-0.15, -0.1) is 0 Å². The molecule has 6 nitrogen and oxygen atoms in total. The molecule has 1 amide bonds. The van der Waals surface area contributed by atoms with E-state index in [1.165, 1.54) is 11.1 Å². The first-order valence-electron chi connectivity index (χ1n) is 9.27. The molecule has 28 heavy (non-hydrogen) atoms. The molecule has 6 heteroatoms. The molecule has 1 aliphatic rings. The topological polar surface area (TPSA) is 82.8 Å². The Balaban J connectivity index is 1.49. The highest BCUT2D eigenvalue weighted by atomic mass is 16.5. The molecule has 0 fully saturated rings. The highest BCUT2D eigenvalue weighted by Crippen LogP contribution is 2.36. The van der Waals surface area contributed by atoms with Crippen LogP contribution in [0.3, 0.4) is 0 Å². The first-order chi connectivity index (χ1) is 13.6. The average molecular weight is 372 g/mol. The summed E-state index contributed by atoms with van der Waals surface area (Å²) in [6.45, 7) is 1.95. The van der Waals surface area contributed by atoms with Crippen molar-refractivity contribution in [3.8, 4) is 17.1 Å². The quantitative estimate of drug-likeness (QED) is 0.503. The van der Waals surface area contributed by atoms with Gasteiger partial charge in [-0.3, -0.25) is 9.89 Å². The number of aromatic amines is 2. The third-order valence-electron chi connectivity index (χ3n) is 5.46. The largest absolute Gasteiger partial charge is 0.497 e. The summed E-state index contributed by atoms with van der Waals surface area (Å²) in [5, 5.41) is 11.4. The van der Waals surface area contributed by atoms with Crippen LogP contribution < -0.4 is 10.1 Å². The number of rotatable bonds is 3. The zero-order valence-corrected chi connectivity index (χ0v) is 15.7. The molecule has 0 aliphatic heterocycles. The third-order valence-corrected chi connectivity index (χ3v) is 5.46. The Labute approximate surface area is 161 Å². The van der Waals surface area contributed by atoms with Crippen LogP contribution in [0.4, 0.5) is 5.69 Å². The Hall–Kier alpha value is -3.54. The second-order valence-electron chi connectivity index (χ2n) is 7.14. The fourth-order valence-corrected chi connectivity index (χ4v) is 3.94. The van der Waals surface area contributed by atoms with Crippen molar-refractivity contribution in [2.75, 3.05) is 12.4 Å². The van der Waals surface area contributed by atoms with Gasteiger partial charge in [-0.25, -0.2) is 0 Å². The number of carbonyl (C=O) groups excluding carboxylic acids is 1. The van der Waals surface area contributed by atoms with E-state index in [1.54, 1.807) is 7.11 Å². The van der Waals surface area contributed by atoms with E-state index in [1.807, 2.05) is 49.5 Å². The molecular formula is C22H20N4O2. The molecular weight excluding hydrogens is 352 g/mol. The van der Waals surface area contributed by atoms with Gasteiger partial charge in [-0.05, 0) is 72.9 Å². The van der Waals surface area contributed by atoms with Gasteiger partial charge in [0, 0.05) is 22.2 Å². The lowest BCUT2D eigenvalue weighted by molar-refractivity contribution is 0.102. The number of methoxy groups -OCH3 is 1. The Morgan fingerprint density at radius 2 is 2.04 bits per heavy atom. The number of aryl methyl sites for hydroxylation is 3. The predicted octanol–water partition coefficient (Wildman–Crippen LogP) is 4.23. The number of ether oxygens (including phenoxy) is 1. The molecule has 3 N–H and O–H groups in total. The summed E-state index contributed by atoms with van der Waals surface area (Å²) >= 11 is 0. The van der Waals surface area contributed by atoms with Crippen molar-refractivity contribution in [2.24, 2.45) is 0 Å². The van der Waals surface area contributed by atoms with Crippen LogP contribution in [0.1, 0.15) is 27.0 Å². The average Bonchev–Trinajstić information content (AvgIpc) is 3.32. The van der Waals surface area contributed by atoms with Crippen LogP contribution in [0.2, 0.25) is 0 Å². The lowest BCUT2D eigenvalue weighted by atomic mass is 9.93. The highest BCUT2D eigenvalue weighted by molar-refractivity contribution is 6.07. The zero-order valence-electron chi connectivity index (χ0n) is 15.7. The summed E-state index contributed by atoms with van der Waals surface area (Å²) in [4.78, 5) is 16.3. The van der Waals surface area contributed by atoms with E-state index in [4.69, 9.17) is 4.74 Å². The Morgan fingerprint density at radius 1 is 1.14 bits per heavy atom. The van der Waals surface area contributed by atoms with E-state index in [0.29, 0.717) is 5.56 Å². The number of carbonyl (C=O) groups is 1. The lowest BCUT2D eigenvalue weighted by Gasteiger charge is -2.12. The molecule has 0 atom stereocenters. The first-order valence-corrected chi connectivity index (χ1v) is 9.27. The van der Waals surface area contributed by atoms with Gasteiger partial charge >= 0.3 is 0 Å². The SMILES string of the molecule is COc1ccc(NC(=O)c2ccc3[nH]c4c(c3c2)CCc2cn[nH]c2-4)c(C)c1. The molecule has 2 aromatic carbocycles. The number of hydrogen-bond acceptors (Lipinski definition) is 3. The maximum atomic E-state index is 12.8.